The third kappa shape index (κ3) is 4.21. The number of ketones is 2. The van der Waals surface area contributed by atoms with Crippen molar-refractivity contribution in [2.45, 2.75) is 77.0 Å². The lowest BCUT2D eigenvalue weighted by Gasteiger charge is -2.32. The number of hydrogen-bond donors (Lipinski definition) is 2. The van der Waals surface area contributed by atoms with Crippen LogP contribution in [0.5, 0.6) is 0 Å². The molecule has 2 saturated carbocycles. The zero-order valence-corrected chi connectivity index (χ0v) is 33.6. The average molecular weight is 775 g/mol. The summed E-state index contributed by atoms with van der Waals surface area (Å²) in [5.74, 6) is 0.0703. The van der Waals surface area contributed by atoms with Gasteiger partial charge < -0.3 is 10.2 Å². The first-order chi connectivity index (χ1) is 27.1. The maximum Gasteiger partial charge on any atom is 0.209 e. The van der Waals surface area contributed by atoms with Crippen LogP contribution in [0.4, 0.5) is 11.4 Å². The van der Waals surface area contributed by atoms with E-state index in [2.05, 4.69) is 97.5 Å². The molecule has 2 atom stereocenters. The van der Waals surface area contributed by atoms with Crippen LogP contribution in [0.25, 0.3) is 31.3 Å². The van der Waals surface area contributed by atoms with Crippen molar-refractivity contribution in [3.63, 3.8) is 0 Å². The van der Waals surface area contributed by atoms with Gasteiger partial charge in [0.15, 0.2) is 11.4 Å². The van der Waals surface area contributed by atoms with Gasteiger partial charge in [0.05, 0.1) is 33.1 Å². The Labute approximate surface area is 333 Å². The Morgan fingerprint density at radius 2 is 1.02 bits per heavy atom. The SMILES string of the molecule is CC[N+]1=C2C(=C3C(=O)C(c4cc5cc6sc(C7=C(O)C(=C8CCCC9(C)C8=[N+](CC)c8ccccc89)C7=O)cc6cc5s4)=C3O)CCCC2(C)c2ccccc21. The van der Waals surface area contributed by atoms with E-state index in [0.717, 1.165) is 92.7 Å². The van der Waals surface area contributed by atoms with Gasteiger partial charge in [0.2, 0.25) is 22.9 Å². The van der Waals surface area contributed by atoms with Crippen molar-refractivity contribution in [2.75, 3.05) is 13.1 Å². The topological polar surface area (TPSA) is 80.6 Å². The zero-order valence-electron chi connectivity index (χ0n) is 32.0. The number of nitrogens with zero attached hydrogens (tertiary/aromatic N) is 2. The molecular weight excluding hydrogens is 733 g/mol. The van der Waals surface area contributed by atoms with E-state index in [1.165, 1.54) is 56.6 Å². The Morgan fingerprint density at radius 3 is 1.41 bits per heavy atom. The predicted octanol–water partition coefficient (Wildman–Crippen LogP) is 10.9. The summed E-state index contributed by atoms with van der Waals surface area (Å²) in [5.41, 5.74) is 10.8. The summed E-state index contributed by atoms with van der Waals surface area (Å²) in [6.07, 6.45) is 5.51. The second-order valence-corrected chi connectivity index (χ2v) is 18.7. The van der Waals surface area contributed by atoms with E-state index in [9.17, 15) is 19.8 Å². The highest BCUT2D eigenvalue weighted by atomic mass is 32.1. The van der Waals surface area contributed by atoms with E-state index in [0.29, 0.717) is 22.3 Å². The maximum atomic E-state index is 14.1. The van der Waals surface area contributed by atoms with E-state index < -0.39 is 0 Å². The molecule has 6 nitrogen and oxygen atoms in total. The van der Waals surface area contributed by atoms with Crippen molar-refractivity contribution >= 4 is 88.4 Å². The van der Waals surface area contributed by atoms with Gasteiger partial charge in [-0.3, -0.25) is 9.59 Å². The minimum atomic E-state index is -0.184. The molecule has 0 spiro atoms. The molecule has 5 aromatic rings. The van der Waals surface area contributed by atoms with Gasteiger partial charge in [-0.2, -0.15) is 9.15 Å². The van der Waals surface area contributed by atoms with Crippen molar-refractivity contribution in [2.24, 2.45) is 0 Å². The number of aliphatic hydroxyl groups is 2. The number of thiophene rings is 2. The van der Waals surface area contributed by atoms with Gasteiger partial charge in [0, 0.05) is 53.6 Å². The number of benzene rings is 3. The van der Waals surface area contributed by atoms with Gasteiger partial charge in [-0.05, 0) is 101 Å². The molecule has 8 heteroatoms. The maximum absolute atomic E-state index is 14.1. The number of fused-ring (bicyclic) bond motifs is 8. The van der Waals surface area contributed by atoms with Gasteiger partial charge in [-0.1, -0.05) is 36.4 Å². The quantitative estimate of drug-likeness (QED) is 0.141. The van der Waals surface area contributed by atoms with Crippen molar-refractivity contribution in [3.05, 3.63) is 127 Å². The summed E-state index contributed by atoms with van der Waals surface area (Å²) in [6.45, 7) is 10.5. The van der Waals surface area contributed by atoms with E-state index in [1.807, 2.05) is 12.1 Å². The van der Waals surface area contributed by atoms with Crippen LogP contribution in [0.3, 0.4) is 0 Å². The summed E-state index contributed by atoms with van der Waals surface area (Å²) in [5, 5.41) is 25.3. The van der Waals surface area contributed by atoms with Crippen LogP contribution in [0, 0.1) is 0 Å². The Kier molecular flexibility index (Phi) is 7.11. The summed E-state index contributed by atoms with van der Waals surface area (Å²) < 4.78 is 6.71. The molecule has 11 rings (SSSR count). The first-order valence-electron chi connectivity index (χ1n) is 20.0. The Hall–Kier alpha value is -5.18. The minimum Gasteiger partial charge on any atom is -0.506 e. The van der Waals surface area contributed by atoms with Crippen molar-refractivity contribution < 1.29 is 29.0 Å². The van der Waals surface area contributed by atoms with Crippen LogP contribution in [0.2, 0.25) is 0 Å². The molecular formula is C48H42N2O4S2+2. The van der Waals surface area contributed by atoms with Crippen LogP contribution in [0.15, 0.2) is 107 Å². The number of carbonyl (C=O) groups is 2. The lowest BCUT2D eigenvalue weighted by atomic mass is 9.66. The molecule has 0 bridgehead atoms. The van der Waals surface area contributed by atoms with Gasteiger partial charge in [0.25, 0.3) is 0 Å². The highest BCUT2D eigenvalue weighted by Crippen LogP contribution is 2.54. The molecule has 56 heavy (non-hydrogen) atoms. The fourth-order valence-electron chi connectivity index (χ4n) is 11.2. The summed E-state index contributed by atoms with van der Waals surface area (Å²) in [7, 11) is 0. The van der Waals surface area contributed by atoms with E-state index >= 15 is 0 Å². The fraction of sp³-hybridized carbons (Fsp3) is 0.292. The molecule has 6 aliphatic rings. The highest BCUT2D eigenvalue weighted by molar-refractivity contribution is 7.22. The number of aliphatic hydroxyl groups excluding tert-OH is 2. The minimum absolute atomic E-state index is 0.0762. The number of carbonyl (C=O) groups excluding carboxylic acids is 2. The normalized spacial score (nSPS) is 27.0. The number of para-hydroxylation sites is 2. The molecule has 4 aliphatic carbocycles. The molecule has 2 aromatic heterocycles. The Morgan fingerprint density at radius 1 is 0.607 bits per heavy atom. The standard InChI is InChI=1S/C48H40N2O4S2/c1-5-49-31-17-9-7-15-29(31)47(3)19-11-13-27(45(47)49)37-41(51)39(42(37)52)35-23-25-21-34-26(22-33(25)55-35)24-36(56-34)40-43(53)38(44(40)54)28-14-12-20-48(4)30-16-8-10-18-32(30)50(6-2)46(28)48/h7-10,15-18,21-24H,5-6,11-14,19-20H2,1-4H3/p+2. The van der Waals surface area contributed by atoms with E-state index in [-0.39, 0.29) is 33.9 Å². The van der Waals surface area contributed by atoms with Gasteiger partial charge in [-0.15, -0.1) is 22.7 Å². The molecule has 2 aliphatic heterocycles. The third-order valence-electron chi connectivity index (χ3n) is 13.7. The van der Waals surface area contributed by atoms with Crippen LogP contribution < -0.4 is 0 Å². The summed E-state index contributed by atoms with van der Waals surface area (Å²) in [4.78, 5) is 29.7. The van der Waals surface area contributed by atoms with Crippen LogP contribution in [-0.4, -0.2) is 55.4 Å². The monoisotopic (exact) mass is 774 g/mol. The smallest absolute Gasteiger partial charge is 0.209 e. The molecule has 278 valence electrons. The molecule has 2 fully saturated rings. The number of hydrogen-bond acceptors (Lipinski definition) is 6. The Bertz CT molecular complexity index is 2680. The molecule has 0 radical (unpaired) electrons. The van der Waals surface area contributed by atoms with Crippen LogP contribution in [-0.2, 0) is 20.4 Å². The second-order valence-electron chi connectivity index (χ2n) is 16.6. The van der Waals surface area contributed by atoms with Crippen molar-refractivity contribution in [1.82, 2.24) is 0 Å². The summed E-state index contributed by atoms with van der Waals surface area (Å²) in [6, 6.07) is 25.4. The molecule has 2 unspecified atom stereocenters. The van der Waals surface area contributed by atoms with Crippen LogP contribution >= 0.6 is 22.7 Å². The van der Waals surface area contributed by atoms with Gasteiger partial charge in [0.1, 0.15) is 24.6 Å². The molecule has 0 amide bonds. The molecule has 3 aromatic carbocycles. The largest absolute Gasteiger partial charge is 0.506 e. The van der Waals surface area contributed by atoms with Gasteiger partial charge in [-0.25, -0.2) is 0 Å². The molecule has 4 heterocycles. The van der Waals surface area contributed by atoms with Crippen molar-refractivity contribution in [1.29, 1.82) is 0 Å². The third-order valence-corrected chi connectivity index (χ3v) is 15.9. The number of Topliss-reactive ketones (excluding diaryl/α,β-unsaturated/α-hetero) is 2. The second kappa shape index (κ2) is 11.7. The lowest BCUT2D eigenvalue weighted by molar-refractivity contribution is -0.434. The number of allylic oxidation sites excluding steroid dienone is 6. The zero-order chi connectivity index (χ0) is 38.4. The lowest BCUT2D eigenvalue weighted by Crippen LogP contribution is -2.40. The van der Waals surface area contributed by atoms with E-state index in [1.54, 1.807) is 0 Å². The average Bonchev–Trinajstić information content (AvgIpc) is 3.92. The first-order valence-corrected chi connectivity index (χ1v) is 21.6. The molecule has 2 N–H and O–H groups in total. The first kappa shape index (κ1) is 34.1. The van der Waals surface area contributed by atoms with Crippen LogP contribution in [0.1, 0.15) is 87.1 Å². The predicted molar refractivity (Wildman–Crippen MR) is 227 cm³/mol. The highest BCUT2D eigenvalue weighted by Gasteiger charge is 2.56. The fourth-order valence-corrected chi connectivity index (χ4v) is 13.5. The Balaban J connectivity index is 0.945. The number of rotatable bonds is 4. The summed E-state index contributed by atoms with van der Waals surface area (Å²) >= 11 is 3.02. The van der Waals surface area contributed by atoms with Gasteiger partial charge >= 0.3 is 0 Å². The van der Waals surface area contributed by atoms with E-state index in [4.69, 9.17) is 0 Å². The van der Waals surface area contributed by atoms with Crippen molar-refractivity contribution in [3.8, 4) is 0 Å². The molecule has 0 saturated heterocycles.